The number of hydrogen-bond donors (Lipinski definition) is 2. The predicted octanol–water partition coefficient (Wildman–Crippen LogP) is 2.66. The number of aliphatic hydroxyl groups excluding tert-OH is 1. The van der Waals surface area contributed by atoms with Gasteiger partial charge in [0.2, 0.25) is 0 Å². The Hall–Kier alpha value is -0.930. The molecule has 3 nitrogen and oxygen atoms in total. The second-order valence-corrected chi connectivity index (χ2v) is 4.97. The third kappa shape index (κ3) is 2.85. The normalized spacial score (nSPS) is 20.6. The highest BCUT2D eigenvalue weighted by Crippen LogP contribution is 2.33. The SMILES string of the molecule is Nc1ccc(N2CCCCC2CCO)c(Cl)c1. The molecule has 1 aliphatic rings. The van der Waals surface area contributed by atoms with E-state index in [4.69, 9.17) is 22.4 Å². The molecule has 1 aromatic carbocycles. The summed E-state index contributed by atoms with van der Waals surface area (Å²) < 4.78 is 0. The summed E-state index contributed by atoms with van der Waals surface area (Å²) in [6.45, 7) is 1.24. The van der Waals surface area contributed by atoms with Gasteiger partial charge in [-0.15, -0.1) is 0 Å². The fraction of sp³-hybridized carbons (Fsp3) is 0.538. The number of halogens is 1. The fourth-order valence-corrected chi connectivity index (χ4v) is 2.82. The highest BCUT2D eigenvalue weighted by molar-refractivity contribution is 6.33. The van der Waals surface area contributed by atoms with Crippen LogP contribution < -0.4 is 10.6 Å². The molecule has 0 radical (unpaired) electrons. The molecule has 17 heavy (non-hydrogen) atoms. The number of aliphatic hydroxyl groups is 1. The molecule has 1 aliphatic heterocycles. The van der Waals surface area contributed by atoms with Gasteiger partial charge in [0, 0.05) is 24.9 Å². The lowest BCUT2D eigenvalue weighted by atomic mass is 9.98. The molecule has 0 amide bonds. The summed E-state index contributed by atoms with van der Waals surface area (Å²) in [5.41, 5.74) is 7.44. The van der Waals surface area contributed by atoms with E-state index in [9.17, 15) is 0 Å². The first kappa shape index (κ1) is 12.5. The van der Waals surface area contributed by atoms with Crippen molar-refractivity contribution >= 4 is 23.0 Å². The van der Waals surface area contributed by atoms with Crippen LogP contribution in [-0.2, 0) is 0 Å². The standard InChI is InChI=1S/C13H19ClN2O/c14-12-9-10(15)4-5-13(12)16-7-2-1-3-11(16)6-8-17/h4-5,9,11,17H,1-3,6-8,15H2. The second kappa shape index (κ2) is 5.61. The molecule has 1 aromatic rings. The van der Waals surface area contributed by atoms with Crippen LogP contribution in [0.1, 0.15) is 25.7 Å². The molecule has 4 heteroatoms. The first-order valence-corrected chi connectivity index (χ1v) is 6.52. The number of piperidine rings is 1. The van der Waals surface area contributed by atoms with Crippen LogP contribution in [0, 0.1) is 0 Å². The Kier molecular flexibility index (Phi) is 4.13. The minimum atomic E-state index is 0.230. The second-order valence-electron chi connectivity index (χ2n) is 4.57. The number of anilines is 2. The average molecular weight is 255 g/mol. The van der Waals surface area contributed by atoms with Crippen molar-refractivity contribution in [2.75, 3.05) is 23.8 Å². The van der Waals surface area contributed by atoms with Gasteiger partial charge in [-0.2, -0.15) is 0 Å². The summed E-state index contributed by atoms with van der Waals surface area (Å²) >= 11 is 6.24. The Bertz CT molecular complexity index is 382. The Labute approximate surface area is 107 Å². The quantitative estimate of drug-likeness (QED) is 0.816. The first-order valence-electron chi connectivity index (χ1n) is 6.15. The molecule has 0 bridgehead atoms. The molecule has 0 aromatic heterocycles. The van der Waals surface area contributed by atoms with Gasteiger partial charge in [-0.05, 0) is 43.9 Å². The Morgan fingerprint density at radius 2 is 2.24 bits per heavy atom. The van der Waals surface area contributed by atoms with Gasteiger partial charge < -0.3 is 15.7 Å². The van der Waals surface area contributed by atoms with Crippen LogP contribution in [0.3, 0.4) is 0 Å². The van der Waals surface area contributed by atoms with E-state index in [1.807, 2.05) is 12.1 Å². The van der Waals surface area contributed by atoms with Crippen molar-refractivity contribution < 1.29 is 5.11 Å². The highest BCUT2D eigenvalue weighted by Gasteiger charge is 2.23. The van der Waals surface area contributed by atoms with Crippen molar-refractivity contribution in [1.82, 2.24) is 0 Å². The van der Waals surface area contributed by atoms with E-state index in [1.165, 1.54) is 12.8 Å². The Balaban J connectivity index is 2.23. The van der Waals surface area contributed by atoms with Gasteiger partial charge in [-0.1, -0.05) is 11.6 Å². The number of nitrogen functional groups attached to an aromatic ring is 1. The van der Waals surface area contributed by atoms with Gasteiger partial charge in [0.05, 0.1) is 10.7 Å². The van der Waals surface area contributed by atoms with Crippen LogP contribution in [0.2, 0.25) is 5.02 Å². The third-order valence-electron chi connectivity index (χ3n) is 3.37. The van der Waals surface area contributed by atoms with Gasteiger partial charge >= 0.3 is 0 Å². The molecule has 94 valence electrons. The lowest BCUT2D eigenvalue weighted by Gasteiger charge is -2.38. The van der Waals surface area contributed by atoms with Crippen LogP contribution in [0.5, 0.6) is 0 Å². The van der Waals surface area contributed by atoms with Gasteiger partial charge in [0.25, 0.3) is 0 Å². The monoisotopic (exact) mass is 254 g/mol. The highest BCUT2D eigenvalue weighted by atomic mass is 35.5. The lowest BCUT2D eigenvalue weighted by Crippen LogP contribution is -2.40. The van der Waals surface area contributed by atoms with Crippen molar-refractivity contribution in [2.45, 2.75) is 31.7 Å². The van der Waals surface area contributed by atoms with Gasteiger partial charge in [-0.3, -0.25) is 0 Å². The smallest absolute Gasteiger partial charge is 0.0660 e. The molecule has 1 unspecified atom stereocenters. The molecule has 0 spiro atoms. The third-order valence-corrected chi connectivity index (χ3v) is 3.67. The largest absolute Gasteiger partial charge is 0.399 e. The summed E-state index contributed by atoms with van der Waals surface area (Å²) in [7, 11) is 0. The summed E-state index contributed by atoms with van der Waals surface area (Å²) in [6.07, 6.45) is 4.35. The zero-order valence-electron chi connectivity index (χ0n) is 9.90. The zero-order valence-corrected chi connectivity index (χ0v) is 10.7. The maximum absolute atomic E-state index is 9.12. The van der Waals surface area contributed by atoms with E-state index in [1.54, 1.807) is 6.07 Å². The Morgan fingerprint density at radius 1 is 1.41 bits per heavy atom. The van der Waals surface area contributed by atoms with Crippen LogP contribution >= 0.6 is 11.6 Å². The maximum Gasteiger partial charge on any atom is 0.0660 e. The molecule has 0 aliphatic carbocycles. The number of rotatable bonds is 3. The van der Waals surface area contributed by atoms with E-state index in [2.05, 4.69) is 4.90 Å². The average Bonchev–Trinajstić information content (AvgIpc) is 2.31. The van der Waals surface area contributed by atoms with Crippen LogP contribution in [0.4, 0.5) is 11.4 Å². The Morgan fingerprint density at radius 3 is 2.94 bits per heavy atom. The topological polar surface area (TPSA) is 49.5 Å². The van der Waals surface area contributed by atoms with Crippen molar-refractivity contribution in [1.29, 1.82) is 0 Å². The summed E-state index contributed by atoms with van der Waals surface area (Å²) in [6, 6.07) is 6.05. The summed E-state index contributed by atoms with van der Waals surface area (Å²) in [5, 5.41) is 9.82. The molecule has 1 atom stereocenters. The molecule has 1 fully saturated rings. The molecule has 1 heterocycles. The number of benzene rings is 1. The summed E-state index contributed by atoms with van der Waals surface area (Å²) in [5.74, 6) is 0. The van der Waals surface area contributed by atoms with E-state index < -0.39 is 0 Å². The molecule has 2 rings (SSSR count). The van der Waals surface area contributed by atoms with Gasteiger partial charge in [-0.25, -0.2) is 0 Å². The van der Waals surface area contributed by atoms with Crippen molar-refractivity contribution in [3.63, 3.8) is 0 Å². The van der Waals surface area contributed by atoms with Crippen molar-refractivity contribution in [3.05, 3.63) is 23.2 Å². The van der Waals surface area contributed by atoms with Crippen LogP contribution in [-0.4, -0.2) is 24.3 Å². The zero-order chi connectivity index (χ0) is 12.3. The number of nitrogens with zero attached hydrogens (tertiary/aromatic N) is 1. The fourth-order valence-electron chi connectivity index (χ4n) is 2.52. The van der Waals surface area contributed by atoms with E-state index in [0.717, 1.165) is 25.1 Å². The van der Waals surface area contributed by atoms with Gasteiger partial charge in [0.1, 0.15) is 0 Å². The van der Waals surface area contributed by atoms with E-state index >= 15 is 0 Å². The van der Waals surface area contributed by atoms with E-state index in [0.29, 0.717) is 16.8 Å². The molecular formula is C13H19ClN2O. The summed E-state index contributed by atoms with van der Waals surface area (Å²) in [4.78, 5) is 2.31. The number of nitrogens with two attached hydrogens (primary N) is 1. The predicted molar refractivity (Wildman–Crippen MR) is 72.6 cm³/mol. The molecule has 0 saturated carbocycles. The van der Waals surface area contributed by atoms with Gasteiger partial charge in [0.15, 0.2) is 0 Å². The minimum Gasteiger partial charge on any atom is -0.399 e. The maximum atomic E-state index is 9.12. The minimum absolute atomic E-state index is 0.230. The molecule has 3 N–H and O–H groups in total. The molecule has 1 saturated heterocycles. The number of hydrogen-bond acceptors (Lipinski definition) is 3. The van der Waals surface area contributed by atoms with Crippen molar-refractivity contribution in [2.24, 2.45) is 0 Å². The lowest BCUT2D eigenvalue weighted by molar-refractivity contribution is 0.262. The molecular weight excluding hydrogens is 236 g/mol. The van der Waals surface area contributed by atoms with Crippen LogP contribution in [0.15, 0.2) is 18.2 Å². The van der Waals surface area contributed by atoms with Crippen molar-refractivity contribution in [3.8, 4) is 0 Å². The van der Waals surface area contributed by atoms with Crippen LogP contribution in [0.25, 0.3) is 0 Å². The first-order chi connectivity index (χ1) is 8.22. The van der Waals surface area contributed by atoms with E-state index in [-0.39, 0.29) is 6.61 Å².